The third-order valence-corrected chi connectivity index (χ3v) is 1.87. The molecule has 0 aliphatic carbocycles. The van der Waals surface area contributed by atoms with Crippen LogP contribution in [0.5, 0.6) is 0 Å². The van der Waals surface area contributed by atoms with E-state index in [9.17, 15) is 4.79 Å². The number of primary amides is 1. The van der Waals surface area contributed by atoms with E-state index in [2.05, 4.69) is 20.5 Å². The zero-order chi connectivity index (χ0) is 12.0. The van der Waals surface area contributed by atoms with Gasteiger partial charge in [0.05, 0.1) is 18.0 Å². The summed E-state index contributed by atoms with van der Waals surface area (Å²) in [5, 5.41) is 10.7. The van der Waals surface area contributed by atoms with Crippen molar-refractivity contribution in [2.45, 2.75) is 13.8 Å². The molecular weight excluding hydrogens is 210 g/mol. The van der Waals surface area contributed by atoms with Crippen molar-refractivity contribution in [3.63, 3.8) is 0 Å². The Kier molecular flexibility index (Phi) is 4.59. The van der Waals surface area contributed by atoms with Gasteiger partial charge < -0.3 is 15.8 Å². The van der Waals surface area contributed by atoms with E-state index in [4.69, 9.17) is 10.5 Å². The molecule has 0 unspecified atom stereocenters. The molecule has 0 spiro atoms. The maximum Gasteiger partial charge on any atom is 0.243 e. The molecule has 0 saturated heterocycles. The van der Waals surface area contributed by atoms with Gasteiger partial charge in [0, 0.05) is 6.54 Å². The van der Waals surface area contributed by atoms with E-state index in [1.807, 2.05) is 13.8 Å². The van der Waals surface area contributed by atoms with Gasteiger partial charge in [-0.3, -0.25) is 4.79 Å². The van der Waals surface area contributed by atoms with Crippen LogP contribution in [0.1, 0.15) is 11.4 Å². The number of amides is 1. The number of nitrogens with one attached hydrogen (secondary N) is 1. The van der Waals surface area contributed by atoms with Crippen LogP contribution in [0.4, 0.5) is 5.95 Å². The molecule has 88 valence electrons. The summed E-state index contributed by atoms with van der Waals surface area (Å²) in [5.74, 6) is -0.0325. The Labute approximate surface area is 93.4 Å². The smallest absolute Gasteiger partial charge is 0.243 e. The van der Waals surface area contributed by atoms with E-state index in [1.54, 1.807) is 0 Å². The summed E-state index contributed by atoms with van der Waals surface area (Å²) in [4.78, 5) is 14.5. The lowest BCUT2D eigenvalue weighted by Crippen LogP contribution is -2.21. The van der Waals surface area contributed by atoms with Crippen molar-refractivity contribution in [3.05, 3.63) is 11.4 Å². The summed E-state index contributed by atoms with van der Waals surface area (Å²) in [6.07, 6.45) is 0. The molecule has 0 aliphatic heterocycles. The van der Waals surface area contributed by atoms with Crippen LogP contribution in [0.2, 0.25) is 0 Å². The summed E-state index contributed by atoms with van der Waals surface area (Å²) in [7, 11) is 0. The molecule has 3 N–H and O–H groups in total. The number of ether oxygens (including phenoxy) is 1. The Balaban J connectivity index is 2.27. The zero-order valence-corrected chi connectivity index (χ0v) is 9.36. The van der Waals surface area contributed by atoms with Gasteiger partial charge in [0.15, 0.2) is 0 Å². The van der Waals surface area contributed by atoms with Crippen molar-refractivity contribution in [1.29, 1.82) is 0 Å². The number of aryl methyl sites for hydroxylation is 2. The zero-order valence-electron chi connectivity index (χ0n) is 9.36. The highest BCUT2D eigenvalue weighted by Crippen LogP contribution is 2.00. The van der Waals surface area contributed by atoms with Crippen molar-refractivity contribution < 1.29 is 9.53 Å². The fraction of sp³-hybridized carbons (Fsp3) is 0.556. The second-order valence-corrected chi connectivity index (χ2v) is 3.25. The third-order valence-electron chi connectivity index (χ3n) is 1.87. The average Bonchev–Trinajstić information content (AvgIpc) is 2.22. The number of nitrogens with zero attached hydrogens (tertiary/aromatic N) is 3. The first-order valence-electron chi connectivity index (χ1n) is 4.87. The molecule has 0 atom stereocenters. The molecule has 0 fully saturated rings. The van der Waals surface area contributed by atoms with Crippen LogP contribution in [0.3, 0.4) is 0 Å². The minimum absolute atomic E-state index is 0.0757. The van der Waals surface area contributed by atoms with Gasteiger partial charge in [-0.25, -0.2) is 4.98 Å². The number of anilines is 1. The van der Waals surface area contributed by atoms with E-state index >= 15 is 0 Å². The highest BCUT2D eigenvalue weighted by atomic mass is 16.5. The Morgan fingerprint density at radius 2 is 2.12 bits per heavy atom. The molecular formula is C9H15N5O2. The number of nitrogens with two attached hydrogens (primary N) is 1. The van der Waals surface area contributed by atoms with Crippen LogP contribution >= 0.6 is 0 Å². The van der Waals surface area contributed by atoms with Crippen molar-refractivity contribution in [1.82, 2.24) is 15.2 Å². The van der Waals surface area contributed by atoms with E-state index < -0.39 is 5.91 Å². The number of aromatic nitrogens is 3. The first kappa shape index (κ1) is 12.3. The van der Waals surface area contributed by atoms with Crippen LogP contribution in [-0.2, 0) is 9.53 Å². The molecule has 1 aromatic heterocycles. The number of rotatable bonds is 6. The van der Waals surface area contributed by atoms with Gasteiger partial charge >= 0.3 is 0 Å². The molecule has 0 radical (unpaired) electrons. The monoisotopic (exact) mass is 225 g/mol. The average molecular weight is 225 g/mol. The predicted molar refractivity (Wildman–Crippen MR) is 57.8 cm³/mol. The molecule has 16 heavy (non-hydrogen) atoms. The third kappa shape index (κ3) is 4.18. The van der Waals surface area contributed by atoms with Crippen molar-refractivity contribution in [3.8, 4) is 0 Å². The van der Waals surface area contributed by atoms with Gasteiger partial charge in [0.2, 0.25) is 11.9 Å². The van der Waals surface area contributed by atoms with Gasteiger partial charge in [-0.1, -0.05) is 0 Å². The highest BCUT2D eigenvalue weighted by Gasteiger charge is 2.00. The second kappa shape index (κ2) is 5.96. The molecule has 1 rings (SSSR count). The largest absolute Gasteiger partial charge is 0.370 e. The van der Waals surface area contributed by atoms with E-state index in [0.29, 0.717) is 19.1 Å². The van der Waals surface area contributed by atoms with Crippen LogP contribution in [0.25, 0.3) is 0 Å². The van der Waals surface area contributed by atoms with Crippen LogP contribution in [0, 0.1) is 13.8 Å². The summed E-state index contributed by atoms with van der Waals surface area (Å²) in [6, 6.07) is 0. The summed E-state index contributed by atoms with van der Waals surface area (Å²) in [5.41, 5.74) is 6.53. The summed E-state index contributed by atoms with van der Waals surface area (Å²) in [6.45, 7) is 4.48. The first-order chi connectivity index (χ1) is 7.59. The lowest BCUT2D eigenvalue weighted by Gasteiger charge is -2.05. The van der Waals surface area contributed by atoms with Crippen LogP contribution in [0.15, 0.2) is 0 Å². The first-order valence-corrected chi connectivity index (χ1v) is 4.87. The molecule has 1 aromatic rings. The van der Waals surface area contributed by atoms with Gasteiger partial charge in [0.1, 0.15) is 6.61 Å². The lowest BCUT2D eigenvalue weighted by atomic mass is 10.4. The molecule has 0 saturated carbocycles. The van der Waals surface area contributed by atoms with Gasteiger partial charge in [-0.15, -0.1) is 5.10 Å². The van der Waals surface area contributed by atoms with E-state index in [-0.39, 0.29) is 6.61 Å². The van der Waals surface area contributed by atoms with Crippen molar-refractivity contribution >= 4 is 11.9 Å². The van der Waals surface area contributed by atoms with E-state index in [1.165, 1.54) is 0 Å². The van der Waals surface area contributed by atoms with Crippen molar-refractivity contribution in [2.75, 3.05) is 25.1 Å². The SMILES string of the molecule is Cc1nnc(NCCOCC(N)=O)nc1C. The predicted octanol–water partition coefficient (Wildman–Crippen LogP) is -0.598. The quantitative estimate of drug-likeness (QED) is 0.627. The normalized spacial score (nSPS) is 10.1. The maximum atomic E-state index is 10.4. The Bertz CT molecular complexity index is 369. The molecule has 7 nitrogen and oxygen atoms in total. The number of hydrogen-bond acceptors (Lipinski definition) is 6. The Morgan fingerprint density at radius 3 is 2.75 bits per heavy atom. The molecule has 0 aromatic carbocycles. The van der Waals surface area contributed by atoms with Crippen LogP contribution < -0.4 is 11.1 Å². The van der Waals surface area contributed by atoms with Gasteiger partial charge in [0.25, 0.3) is 0 Å². The Hall–Kier alpha value is -1.76. The minimum Gasteiger partial charge on any atom is -0.370 e. The van der Waals surface area contributed by atoms with Gasteiger partial charge in [-0.2, -0.15) is 5.10 Å². The lowest BCUT2D eigenvalue weighted by molar-refractivity contribution is -0.122. The second-order valence-electron chi connectivity index (χ2n) is 3.25. The topological polar surface area (TPSA) is 103 Å². The highest BCUT2D eigenvalue weighted by molar-refractivity contribution is 5.74. The molecule has 1 amide bonds. The molecule has 0 bridgehead atoms. The van der Waals surface area contributed by atoms with E-state index in [0.717, 1.165) is 11.4 Å². The minimum atomic E-state index is -0.482. The molecule has 0 aliphatic rings. The number of carbonyl (C=O) groups excluding carboxylic acids is 1. The number of carbonyl (C=O) groups is 1. The fourth-order valence-corrected chi connectivity index (χ4v) is 0.939. The summed E-state index contributed by atoms with van der Waals surface area (Å²) >= 11 is 0. The fourth-order valence-electron chi connectivity index (χ4n) is 0.939. The van der Waals surface area contributed by atoms with Gasteiger partial charge in [-0.05, 0) is 13.8 Å². The molecule has 7 heteroatoms. The molecule has 1 heterocycles. The van der Waals surface area contributed by atoms with Crippen molar-refractivity contribution in [2.24, 2.45) is 5.73 Å². The Morgan fingerprint density at radius 1 is 1.38 bits per heavy atom. The van der Waals surface area contributed by atoms with Crippen LogP contribution in [-0.4, -0.2) is 40.8 Å². The number of hydrogen-bond donors (Lipinski definition) is 2. The summed E-state index contributed by atoms with van der Waals surface area (Å²) < 4.78 is 4.96. The maximum absolute atomic E-state index is 10.4. The standard InChI is InChI=1S/C9H15N5O2/c1-6-7(2)13-14-9(12-6)11-3-4-16-5-8(10)15/h3-5H2,1-2H3,(H2,10,15)(H,11,12,14).